The third kappa shape index (κ3) is 6.80. The van der Waals surface area contributed by atoms with E-state index in [-0.39, 0.29) is 29.4 Å². The Morgan fingerprint density at radius 1 is 1.13 bits per heavy atom. The van der Waals surface area contributed by atoms with Crippen molar-refractivity contribution in [1.82, 2.24) is 19.4 Å². The first-order valence-electron chi connectivity index (χ1n) is 12.5. The largest absolute Gasteiger partial charge is 0.465 e. The van der Waals surface area contributed by atoms with Gasteiger partial charge in [0.05, 0.1) is 54.0 Å². The molecule has 1 saturated heterocycles. The number of nitrogens with one attached hydrogen (secondary N) is 1. The number of benzene rings is 2. The van der Waals surface area contributed by atoms with Gasteiger partial charge in [-0.05, 0) is 39.0 Å². The van der Waals surface area contributed by atoms with Crippen molar-refractivity contribution in [3.05, 3.63) is 53.1 Å². The smallest absolute Gasteiger partial charge is 0.410 e. The molecule has 39 heavy (non-hydrogen) atoms. The van der Waals surface area contributed by atoms with Crippen LogP contribution in [0.15, 0.2) is 36.7 Å². The fraction of sp³-hybridized carbons (Fsp3) is 0.393. The molecular weight excluding hydrogens is 525 g/mol. The molecule has 0 aliphatic carbocycles. The van der Waals surface area contributed by atoms with Gasteiger partial charge in [-0.2, -0.15) is 0 Å². The molecule has 0 saturated carbocycles. The third-order valence-electron chi connectivity index (χ3n) is 6.10. The molecule has 2 heterocycles. The molecule has 9 nitrogen and oxygen atoms in total. The van der Waals surface area contributed by atoms with Crippen molar-refractivity contribution < 1.29 is 23.5 Å². The highest BCUT2D eigenvalue weighted by atomic mass is 35.5. The predicted octanol–water partition coefficient (Wildman–Crippen LogP) is 4.92. The van der Waals surface area contributed by atoms with E-state index in [9.17, 15) is 9.59 Å². The fourth-order valence-electron chi connectivity index (χ4n) is 4.10. The molecule has 0 atom stereocenters. The lowest BCUT2D eigenvalue weighted by Crippen LogP contribution is -2.50. The van der Waals surface area contributed by atoms with Crippen LogP contribution in [0.4, 0.5) is 20.6 Å². The molecule has 1 N–H and O–H groups in total. The van der Waals surface area contributed by atoms with Crippen molar-refractivity contribution in [2.45, 2.75) is 32.9 Å². The minimum absolute atomic E-state index is 0.0139. The van der Waals surface area contributed by atoms with Gasteiger partial charge in [0.15, 0.2) is 5.82 Å². The number of esters is 1. The molecule has 206 valence electrons. The van der Waals surface area contributed by atoms with Crippen LogP contribution in [0, 0.1) is 17.7 Å². The number of piperazine rings is 1. The highest BCUT2D eigenvalue weighted by Crippen LogP contribution is 2.33. The van der Waals surface area contributed by atoms with Gasteiger partial charge in [0.1, 0.15) is 11.1 Å². The minimum atomic E-state index is -0.699. The maximum atomic E-state index is 15.6. The van der Waals surface area contributed by atoms with Crippen molar-refractivity contribution >= 4 is 46.1 Å². The third-order valence-corrected chi connectivity index (χ3v) is 6.43. The van der Waals surface area contributed by atoms with Crippen LogP contribution in [0.1, 0.15) is 31.1 Å². The van der Waals surface area contributed by atoms with E-state index in [4.69, 9.17) is 21.1 Å². The van der Waals surface area contributed by atoms with Gasteiger partial charge < -0.3 is 24.3 Å². The number of aromatic nitrogens is 2. The van der Waals surface area contributed by atoms with Crippen molar-refractivity contribution in [3.63, 3.8) is 0 Å². The highest BCUT2D eigenvalue weighted by molar-refractivity contribution is 6.33. The Morgan fingerprint density at radius 2 is 1.82 bits per heavy atom. The number of hydrogen-bond donors (Lipinski definition) is 1. The second kappa shape index (κ2) is 11.9. The van der Waals surface area contributed by atoms with Crippen LogP contribution in [0.25, 0.3) is 11.0 Å². The number of ether oxygens (including phenoxy) is 2. The minimum Gasteiger partial charge on any atom is -0.465 e. The quantitative estimate of drug-likeness (QED) is 0.353. The first-order chi connectivity index (χ1) is 18.6. The van der Waals surface area contributed by atoms with E-state index in [0.717, 1.165) is 0 Å². The van der Waals surface area contributed by atoms with Crippen molar-refractivity contribution in [1.29, 1.82) is 0 Å². The van der Waals surface area contributed by atoms with E-state index in [2.05, 4.69) is 27.0 Å². The summed E-state index contributed by atoms with van der Waals surface area (Å²) in [7, 11) is 1.24. The van der Waals surface area contributed by atoms with E-state index in [1.807, 2.05) is 20.8 Å². The summed E-state index contributed by atoms with van der Waals surface area (Å²) >= 11 is 6.22. The lowest BCUT2D eigenvalue weighted by Gasteiger charge is -2.34. The molecule has 1 aliphatic rings. The molecule has 1 fully saturated rings. The Balaban J connectivity index is 1.45. The number of carbonyl (C=O) groups excluding carboxylic acids is 2. The monoisotopic (exact) mass is 555 g/mol. The summed E-state index contributed by atoms with van der Waals surface area (Å²) in [4.78, 5) is 32.9. The van der Waals surface area contributed by atoms with Crippen LogP contribution < -0.4 is 5.32 Å². The van der Waals surface area contributed by atoms with Gasteiger partial charge in [0, 0.05) is 26.2 Å². The molecule has 3 aromatic rings. The average Bonchev–Trinajstić information content (AvgIpc) is 3.31. The molecule has 0 spiro atoms. The average molecular weight is 556 g/mol. The number of hydrogen-bond acceptors (Lipinski definition) is 7. The Labute approximate surface area is 231 Å². The molecule has 0 unspecified atom stereocenters. The number of amides is 1. The lowest BCUT2D eigenvalue weighted by molar-refractivity contribution is 0.0155. The summed E-state index contributed by atoms with van der Waals surface area (Å²) in [6, 6.07) is 8.37. The molecule has 4 rings (SSSR count). The van der Waals surface area contributed by atoms with Crippen molar-refractivity contribution in [3.8, 4) is 11.8 Å². The lowest BCUT2D eigenvalue weighted by atomic mass is 10.1. The van der Waals surface area contributed by atoms with Crippen molar-refractivity contribution in [2.24, 2.45) is 0 Å². The van der Waals surface area contributed by atoms with Gasteiger partial charge in [0.2, 0.25) is 0 Å². The molecule has 0 radical (unpaired) electrons. The number of halogens is 2. The summed E-state index contributed by atoms with van der Waals surface area (Å²) < 4.78 is 27.6. The standard InChI is InChI=1S/C28H31ClFN5O4/c1-28(2,3)39-27(37)34-15-13-33(14-16-34)11-7-8-12-35-18-31-25-22(35)17-19(26(36)38-4)24(23(25)30)32-21-10-6-5-9-20(21)29/h5-6,9-10,17-18,32H,11-16H2,1-4H3. The SMILES string of the molecule is COC(=O)c1cc2c(ncn2CC#CCN2CCN(C(=O)OC(C)(C)C)CC2)c(F)c1Nc1ccccc1Cl. The summed E-state index contributed by atoms with van der Waals surface area (Å²) in [5.41, 5.74) is 0.380. The molecule has 1 aromatic heterocycles. The van der Waals surface area contributed by atoms with Gasteiger partial charge in [-0.1, -0.05) is 35.6 Å². The van der Waals surface area contributed by atoms with Crippen LogP contribution in [-0.2, 0) is 16.0 Å². The summed E-state index contributed by atoms with van der Waals surface area (Å²) in [5, 5.41) is 3.29. The maximum Gasteiger partial charge on any atom is 0.410 e. The summed E-state index contributed by atoms with van der Waals surface area (Å²) in [6.07, 6.45) is 1.19. The number of nitrogens with zero attached hydrogens (tertiary/aromatic N) is 4. The van der Waals surface area contributed by atoms with Gasteiger partial charge in [0.25, 0.3) is 0 Å². The molecule has 11 heteroatoms. The summed E-state index contributed by atoms with van der Waals surface area (Å²) in [6.45, 7) is 8.86. The van der Waals surface area contributed by atoms with Gasteiger partial charge in [-0.15, -0.1) is 0 Å². The van der Waals surface area contributed by atoms with E-state index < -0.39 is 17.4 Å². The Morgan fingerprint density at radius 3 is 2.49 bits per heavy atom. The first-order valence-corrected chi connectivity index (χ1v) is 12.9. The number of methoxy groups -OCH3 is 1. The zero-order valence-electron chi connectivity index (χ0n) is 22.4. The number of rotatable bonds is 5. The van der Waals surface area contributed by atoms with Crippen LogP contribution in [0.3, 0.4) is 0 Å². The topological polar surface area (TPSA) is 88.9 Å². The van der Waals surface area contributed by atoms with Gasteiger partial charge in [-0.3, -0.25) is 4.90 Å². The zero-order chi connectivity index (χ0) is 28.2. The predicted molar refractivity (Wildman–Crippen MR) is 148 cm³/mol. The zero-order valence-corrected chi connectivity index (χ0v) is 23.1. The van der Waals surface area contributed by atoms with Gasteiger partial charge in [-0.25, -0.2) is 19.0 Å². The van der Waals surface area contributed by atoms with Crippen LogP contribution in [-0.4, -0.2) is 76.8 Å². The number of imidazole rings is 1. The Bertz CT molecular complexity index is 1430. The van der Waals surface area contributed by atoms with E-state index in [1.165, 1.54) is 19.5 Å². The number of para-hydroxylation sites is 1. The number of fused-ring (bicyclic) bond motifs is 1. The highest BCUT2D eigenvalue weighted by Gasteiger charge is 2.26. The molecule has 0 bridgehead atoms. The van der Waals surface area contributed by atoms with E-state index in [1.54, 1.807) is 33.7 Å². The first kappa shape index (κ1) is 28.2. The molecule has 2 aromatic carbocycles. The van der Waals surface area contributed by atoms with Crippen molar-refractivity contribution in [2.75, 3.05) is 45.2 Å². The van der Waals surface area contributed by atoms with E-state index >= 15 is 4.39 Å². The number of carbonyl (C=O) groups is 2. The van der Waals surface area contributed by atoms with Crippen LogP contribution in [0.2, 0.25) is 5.02 Å². The summed E-state index contributed by atoms with van der Waals surface area (Å²) in [5.74, 6) is 4.83. The van der Waals surface area contributed by atoms with Crippen LogP contribution >= 0.6 is 11.6 Å². The molecular formula is C28H31ClFN5O4. The van der Waals surface area contributed by atoms with Crippen LogP contribution in [0.5, 0.6) is 0 Å². The Hall–Kier alpha value is -3.81. The molecule has 1 amide bonds. The maximum absolute atomic E-state index is 15.6. The number of anilines is 2. The Kier molecular flexibility index (Phi) is 8.63. The molecule has 1 aliphatic heterocycles. The van der Waals surface area contributed by atoms with E-state index in [0.29, 0.717) is 49.0 Å². The second-order valence-corrected chi connectivity index (χ2v) is 10.5. The second-order valence-electron chi connectivity index (χ2n) is 10.0. The fourth-order valence-corrected chi connectivity index (χ4v) is 4.28. The van der Waals surface area contributed by atoms with Gasteiger partial charge >= 0.3 is 12.1 Å². The normalized spacial score (nSPS) is 14.1.